The first-order valence-electron chi connectivity index (χ1n) is 6.99. The summed E-state index contributed by atoms with van der Waals surface area (Å²) in [6.45, 7) is 12.3. The average molecular weight is 248 g/mol. The average Bonchev–Trinajstić information content (AvgIpc) is 2.34. The minimum atomic E-state index is 0.0762. The highest BCUT2D eigenvalue weighted by molar-refractivity contribution is 5.20. The molecule has 0 saturated heterocycles. The topological polar surface area (TPSA) is 29.3 Å². The number of benzene rings is 1. The molecule has 1 rings (SSSR count). The van der Waals surface area contributed by atoms with Crippen molar-refractivity contribution >= 4 is 0 Å². The minimum Gasteiger partial charge on any atom is -0.323 e. The lowest BCUT2D eigenvalue weighted by atomic mass is 9.98. The molecule has 0 spiro atoms. The van der Waals surface area contributed by atoms with Crippen molar-refractivity contribution in [2.45, 2.75) is 52.7 Å². The predicted molar refractivity (Wildman–Crippen MR) is 79.5 cm³/mol. The van der Waals surface area contributed by atoms with Gasteiger partial charge < -0.3 is 5.73 Å². The van der Waals surface area contributed by atoms with Gasteiger partial charge in [-0.25, -0.2) is 0 Å². The largest absolute Gasteiger partial charge is 0.323 e. The van der Waals surface area contributed by atoms with Crippen LogP contribution in [0, 0.1) is 5.92 Å². The molecule has 0 heterocycles. The molecule has 0 amide bonds. The third-order valence-corrected chi connectivity index (χ3v) is 3.47. The molecule has 2 atom stereocenters. The monoisotopic (exact) mass is 248 g/mol. The van der Waals surface area contributed by atoms with E-state index in [1.165, 1.54) is 5.56 Å². The second-order valence-corrected chi connectivity index (χ2v) is 5.86. The summed E-state index contributed by atoms with van der Waals surface area (Å²) in [5, 5.41) is 0. The number of nitrogens with zero attached hydrogens (tertiary/aromatic N) is 1. The summed E-state index contributed by atoms with van der Waals surface area (Å²) in [4.78, 5) is 2.50. The van der Waals surface area contributed by atoms with Crippen molar-refractivity contribution in [1.82, 2.24) is 4.90 Å². The number of rotatable bonds is 6. The molecule has 2 nitrogen and oxygen atoms in total. The van der Waals surface area contributed by atoms with Crippen LogP contribution >= 0.6 is 0 Å². The first-order valence-corrected chi connectivity index (χ1v) is 6.99. The van der Waals surface area contributed by atoms with E-state index in [0.717, 1.165) is 6.54 Å². The molecule has 2 N–H and O–H groups in total. The second kappa shape index (κ2) is 6.91. The zero-order valence-electron chi connectivity index (χ0n) is 12.4. The maximum absolute atomic E-state index is 6.41. The molecule has 2 heteroatoms. The fourth-order valence-corrected chi connectivity index (χ4v) is 2.43. The summed E-state index contributed by atoms with van der Waals surface area (Å²) in [5.41, 5.74) is 7.63. The second-order valence-electron chi connectivity index (χ2n) is 5.86. The quantitative estimate of drug-likeness (QED) is 0.835. The van der Waals surface area contributed by atoms with E-state index in [2.05, 4.69) is 63.8 Å². The van der Waals surface area contributed by atoms with Crippen molar-refractivity contribution < 1.29 is 0 Å². The maximum atomic E-state index is 6.41. The van der Waals surface area contributed by atoms with Gasteiger partial charge in [0.15, 0.2) is 0 Å². The van der Waals surface area contributed by atoms with Gasteiger partial charge in [-0.1, -0.05) is 44.2 Å². The third-order valence-electron chi connectivity index (χ3n) is 3.47. The molecular formula is C16H28N2. The molecule has 0 aliphatic heterocycles. The Kier molecular flexibility index (Phi) is 5.83. The molecule has 18 heavy (non-hydrogen) atoms. The van der Waals surface area contributed by atoms with Gasteiger partial charge >= 0.3 is 0 Å². The highest BCUT2D eigenvalue weighted by atomic mass is 15.2. The van der Waals surface area contributed by atoms with Gasteiger partial charge in [0.1, 0.15) is 0 Å². The molecule has 0 fully saturated rings. The van der Waals surface area contributed by atoms with Gasteiger partial charge in [-0.15, -0.1) is 0 Å². The highest BCUT2D eigenvalue weighted by Gasteiger charge is 2.24. The lowest BCUT2D eigenvalue weighted by Gasteiger charge is -2.37. The Bertz CT molecular complexity index is 332. The molecule has 1 aromatic carbocycles. The van der Waals surface area contributed by atoms with Crippen molar-refractivity contribution in [2.75, 3.05) is 6.54 Å². The van der Waals surface area contributed by atoms with Gasteiger partial charge in [-0.2, -0.15) is 0 Å². The van der Waals surface area contributed by atoms with Crippen LogP contribution in [0.5, 0.6) is 0 Å². The Balaban J connectivity index is 2.79. The van der Waals surface area contributed by atoms with E-state index in [1.54, 1.807) is 0 Å². The van der Waals surface area contributed by atoms with Crippen LogP contribution in [0.3, 0.4) is 0 Å². The Hall–Kier alpha value is -0.860. The van der Waals surface area contributed by atoms with Gasteiger partial charge in [-0.05, 0) is 32.3 Å². The van der Waals surface area contributed by atoms with Crippen LogP contribution in [0.4, 0.5) is 0 Å². The molecule has 0 radical (unpaired) electrons. The van der Waals surface area contributed by atoms with Crippen molar-refractivity contribution in [3.63, 3.8) is 0 Å². The van der Waals surface area contributed by atoms with E-state index >= 15 is 0 Å². The Morgan fingerprint density at radius 2 is 1.56 bits per heavy atom. The van der Waals surface area contributed by atoms with E-state index in [4.69, 9.17) is 5.73 Å². The van der Waals surface area contributed by atoms with E-state index in [9.17, 15) is 0 Å². The highest BCUT2D eigenvalue weighted by Crippen LogP contribution is 2.21. The molecule has 0 aromatic heterocycles. The lowest BCUT2D eigenvalue weighted by molar-refractivity contribution is 0.126. The van der Waals surface area contributed by atoms with Gasteiger partial charge in [0, 0.05) is 24.7 Å². The van der Waals surface area contributed by atoms with E-state index in [-0.39, 0.29) is 6.04 Å². The van der Waals surface area contributed by atoms with Crippen LogP contribution < -0.4 is 5.73 Å². The lowest BCUT2D eigenvalue weighted by Crippen LogP contribution is -2.46. The third kappa shape index (κ3) is 4.11. The molecule has 0 aliphatic carbocycles. The van der Waals surface area contributed by atoms with Gasteiger partial charge in [-0.3, -0.25) is 4.90 Å². The molecule has 0 bridgehead atoms. The van der Waals surface area contributed by atoms with Gasteiger partial charge in [0.25, 0.3) is 0 Å². The Morgan fingerprint density at radius 3 is 2.00 bits per heavy atom. The summed E-state index contributed by atoms with van der Waals surface area (Å²) in [6, 6.07) is 11.4. The van der Waals surface area contributed by atoms with Crippen molar-refractivity contribution in [1.29, 1.82) is 0 Å². The summed E-state index contributed by atoms with van der Waals surface area (Å²) in [7, 11) is 0. The molecule has 102 valence electrons. The van der Waals surface area contributed by atoms with Gasteiger partial charge in [0.05, 0.1) is 0 Å². The molecule has 2 unspecified atom stereocenters. The molecule has 0 aliphatic rings. The van der Waals surface area contributed by atoms with Crippen LogP contribution in [0.1, 0.15) is 46.2 Å². The predicted octanol–water partition coefficient (Wildman–Crippen LogP) is 3.44. The van der Waals surface area contributed by atoms with Crippen LogP contribution in [0.15, 0.2) is 30.3 Å². The molecule has 1 aromatic rings. The smallest absolute Gasteiger partial charge is 0.0450 e. The fourth-order valence-electron chi connectivity index (χ4n) is 2.43. The fraction of sp³-hybridized carbons (Fsp3) is 0.625. The Morgan fingerprint density at radius 1 is 1.00 bits per heavy atom. The molecule has 0 saturated carbocycles. The SMILES string of the molecule is CC(C)CN(C(C)C)C(C)C(N)c1ccccc1. The van der Waals surface area contributed by atoms with Crippen LogP contribution in [0.2, 0.25) is 0 Å². The van der Waals surface area contributed by atoms with E-state index in [0.29, 0.717) is 18.0 Å². The van der Waals surface area contributed by atoms with E-state index < -0.39 is 0 Å². The van der Waals surface area contributed by atoms with Crippen LogP contribution in [-0.4, -0.2) is 23.5 Å². The number of hydrogen-bond donors (Lipinski definition) is 1. The minimum absolute atomic E-state index is 0.0762. The van der Waals surface area contributed by atoms with Gasteiger partial charge in [0.2, 0.25) is 0 Å². The molecular weight excluding hydrogens is 220 g/mol. The summed E-state index contributed by atoms with van der Waals surface area (Å²) in [6.07, 6.45) is 0. The summed E-state index contributed by atoms with van der Waals surface area (Å²) >= 11 is 0. The zero-order valence-corrected chi connectivity index (χ0v) is 12.4. The van der Waals surface area contributed by atoms with Crippen molar-refractivity contribution in [2.24, 2.45) is 11.7 Å². The zero-order chi connectivity index (χ0) is 13.7. The number of nitrogens with two attached hydrogens (primary N) is 1. The normalized spacial score (nSPS) is 15.4. The Labute approximate surface area is 112 Å². The van der Waals surface area contributed by atoms with Crippen molar-refractivity contribution in [3.05, 3.63) is 35.9 Å². The maximum Gasteiger partial charge on any atom is 0.0450 e. The standard InChI is InChI=1S/C16H28N2/c1-12(2)11-18(13(3)4)14(5)16(17)15-9-7-6-8-10-15/h6-10,12-14,16H,11,17H2,1-5H3. The number of hydrogen-bond acceptors (Lipinski definition) is 2. The van der Waals surface area contributed by atoms with E-state index in [1.807, 2.05) is 6.07 Å². The first kappa shape index (κ1) is 15.2. The van der Waals surface area contributed by atoms with Crippen LogP contribution in [0.25, 0.3) is 0 Å². The van der Waals surface area contributed by atoms with Crippen LogP contribution in [-0.2, 0) is 0 Å². The van der Waals surface area contributed by atoms with Crippen molar-refractivity contribution in [3.8, 4) is 0 Å². The summed E-state index contributed by atoms with van der Waals surface area (Å²) in [5.74, 6) is 0.665. The first-order chi connectivity index (χ1) is 8.43. The summed E-state index contributed by atoms with van der Waals surface area (Å²) < 4.78 is 0.